The summed E-state index contributed by atoms with van der Waals surface area (Å²) in [7, 11) is -2.26. The first-order valence-corrected chi connectivity index (χ1v) is 7.96. The van der Waals surface area contributed by atoms with Gasteiger partial charge in [-0.25, -0.2) is 13.6 Å². The fourth-order valence-corrected chi connectivity index (χ4v) is 2.77. The molecule has 1 aromatic rings. The van der Waals surface area contributed by atoms with Crippen molar-refractivity contribution in [2.75, 3.05) is 20.3 Å². The normalized spacial score (nSPS) is 18.7. The molecule has 1 aromatic carbocycles. The SMILES string of the molecule is COCC(C)NC(=O)C1COc2ccc(S(N)(=O)=O)cc21. The third kappa shape index (κ3) is 3.52. The van der Waals surface area contributed by atoms with Gasteiger partial charge in [-0.05, 0) is 25.1 Å². The van der Waals surface area contributed by atoms with Crippen LogP contribution in [0.4, 0.5) is 0 Å². The van der Waals surface area contributed by atoms with E-state index in [-0.39, 0.29) is 23.5 Å². The number of nitrogens with one attached hydrogen (secondary N) is 1. The van der Waals surface area contributed by atoms with Crippen LogP contribution in [-0.4, -0.2) is 40.7 Å². The average molecular weight is 314 g/mol. The highest BCUT2D eigenvalue weighted by atomic mass is 32.2. The van der Waals surface area contributed by atoms with Crippen LogP contribution in [0, 0.1) is 0 Å². The zero-order valence-electron chi connectivity index (χ0n) is 11.8. The van der Waals surface area contributed by atoms with Crippen molar-refractivity contribution >= 4 is 15.9 Å². The van der Waals surface area contributed by atoms with E-state index < -0.39 is 15.9 Å². The minimum absolute atomic E-state index is 0.0329. The number of sulfonamides is 1. The van der Waals surface area contributed by atoms with Crippen molar-refractivity contribution < 1.29 is 22.7 Å². The van der Waals surface area contributed by atoms with Crippen LogP contribution >= 0.6 is 0 Å². The van der Waals surface area contributed by atoms with Gasteiger partial charge in [0.1, 0.15) is 18.3 Å². The summed E-state index contributed by atoms with van der Waals surface area (Å²) in [6.07, 6.45) is 0. The van der Waals surface area contributed by atoms with Gasteiger partial charge < -0.3 is 14.8 Å². The quantitative estimate of drug-likeness (QED) is 0.793. The fourth-order valence-electron chi connectivity index (χ4n) is 2.22. The Morgan fingerprint density at radius 1 is 1.57 bits per heavy atom. The molecule has 2 rings (SSSR count). The summed E-state index contributed by atoms with van der Waals surface area (Å²) >= 11 is 0. The van der Waals surface area contributed by atoms with Crippen LogP contribution in [0.5, 0.6) is 5.75 Å². The van der Waals surface area contributed by atoms with E-state index in [1.165, 1.54) is 18.2 Å². The third-order valence-corrected chi connectivity index (χ3v) is 4.12. The molecule has 1 amide bonds. The van der Waals surface area contributed by atoms with Crippen molar-refractivity contribution in [3.8, 4) is 5.75 Å². The van der Waals surface area contributed by atoms with Crippen molar-refractivity contribution in [2.45, 2.75) is 23.8 Å². The summed E-state index contributed by atoms with van der Waals surface area (Å²) in [6, 6.07) is 4.12. The number of fused-ring (bicyclic) bond motifs is 1. The lowest BCUT2D eigenvalue weighted by molar-refractivity contribution is -0.123. The summed E-state index contributed by atoms with van der Waals surface area (Å²) in [6.45, 7) is 2.39. The number of ether oxygens (including phenoxy) is 2. The summed E-state index contributed by atoms with van der Waals surface area (Å²) in [5.74, 6) is -0.284. The van der Waals surface area contributed by atoms with E-state index in [1.807, 2.05) is 6.92 Å². The molecule has 21 heavy (non-hydrogen) atoms. The van der Waals surface area contributed by atoms with Crippen molar-refractivity contribution in [3.05, 3.63) is 23.8 Å². The fraction of sp³-hybridized carbons (Fsp3) is 0.462. The number of primary sulfonamides is 1. The Morgan fingerprint density at radius 3 is 2.90 bits per heavy atom. The van der Waals surface area contributed by atoms with Gasteiger partial charge >= 0.3 is 0 Å². The largest absolute Gasteiger partial charge is 0.492 e. The summed E-state index contributed by atoms with van der Waals surface area (Å²) in [4.78, 5) is 12.2. The van der Waals surface area contributed by atoms with Crippen molar-refractivity contribution in [3.63, 3.8) is 0 Å². The summed E-state index contributed by atoms with van der Waals surface area (Å²) < 4.78 is 33.2. The number of carbonyl (C=O) groups excluding carboxylic acids is 1. The minimum atomic E-state index is -3.81. The van der Waals surface area contributed by atoms with E-state index in [9.17, 15) is 13.2 Å². The number of hydrogen-bond acceptors (Lipinski definition) is 5. The number of hydrogen-bond donors (Lipinski definition) is 2. The Labute approximate surface area is 123 Å². The van der Waals surface area contributed by atoms with E-state index in [0.29, 0.717) is 17.9 Å². The lowest BCUT2D eigenvalue weighted by Gasteiger charge is -2.16. The van der Waals surface area contributed by atoms with E-state index in [0.717, 1.165) is 0 Å². The number of nitrogens with two attached hydrogens (primary N) is 1. The topological polar surface area (TPSA) is 108 Å². The molecule has 0 aromatic heterocycles. The molecule has 0 saturated carbocycles. The molecular weight excluding hydrogens is 296 g/mol. The molecule has 1 aliphatic heterocycles. The maximum absolute atomic E-state index is 12.2. The Bertz CT molecular complexity index is 644. The van der Waals surface area contributed by atoms with Gasteiger partial charge in [0, 0.05) is 18.7 Å². The maximum atomic E-state index is 12.2. The van der Waals surface area contributed by atoms with E-state index in [1.54, 1.807) is 7.11 Å². The zero-order chi connectivity index (χ0) is 15.6. The molecule has 0 spiro atoms. The minimum Gasteiger partial charge on any atom is -0.492 e. The van der Waals surface area contributed by atoms with Gasteiger partial charge in [-0.1, -0.05) is 0 Å². The maximum Gasteiger partial charge on any atom is 0.238 e. The number of carbonyl (C=O) groups is 1. The first-order chi connectivity index (χ1) is 9.82. The molecule has 0 fully saturated rings. The van der Waals surface area contributed by atoms with Gasteiger partial charge in [0.25, 0.3) is 0 Å². The standard InChI is InChI=1S/C13H18N2O5S/c1-8(6-19-2)15-13(16)11-7-20-12-4-3-9(5-10(11)12)21(14,17)18/h3-5,8,11H,6-7H2,1-2H3,(H,15,16)(H2,14,17,18). The van der Waals surface area contributed by atoms with Gasteiger partial charge in [0.15, 0.2) is 0 Å². The third-order valence-electron chi connectivity index (χ3n) is 3.21. The van der Waals surface area contributed by atoms with E-state index in [4.69, 9.17) is 14.6 Å². The second-order valence-electron chi connectivity index (χ2n) is 4.97. The average Bonchev–Trinajstić information content (AvgIpc) is 2.80. The van der Waals surface area contributed by atoms with E-state index >= 15 is 0 Å². The smallest absolute Gasteiger partial charge is 0.238 e. The molecular formula is C13H18N2O5S. The number of benzene rings is 1. The lowest BCUT2D eigenvalue weighted by atomic mass is 10.0. The van der Waals surface area contributed by atoms with Crippen LogP contribution in [0.1, 0.15) is 18.4 Å². The van der Waals surface area contributed by atoms with Gasteiger partial charge in [0.05, 0.1) is 11.5 Å². The zero-order valence-corrected chi connectivity index (χ0v) is 12.6. The molecule has 0 bridgehead atoms. The van der Waals surface area contributed by atoms with Crippen LogP contribution in [0.3, 0.4) is 0 Å². The van der Waals surface area contributed by atoms with Gasteiger partial charge in [-0.3, -0.25) is 4.79 Å². The Kier molecular flexibility index (Phi) is 4.50. The van der Waals surface area contributed by atoms with Crippen LogP contribution in [0.15, 0.2) is 23.1 Å². The summed E-state index contributed by atoms with van der Waals surface area (Å²) in [5.41, 5.74) is 0.531. The summed E-state index contributed by atoms with van der Waals surface area (Å²) in [5, 5.41) is 7.90. The highest BCUT2D eigenvalue weighted by Crippen LogP contribution is 2.35. The monoisotopic (exact) mass is 314 g/mol. The molecule has 3 N–H and O–H groups in total. The van der Waals surface area contributed by atoms with Crippen LogP contribution in [-0.2, 0) is 19.6 Å². The van der Waals surface area contributed by atoms with Crippen LogP contribution < -0.4 is 15.2 Å². The molecule has 8 heteroatoms. The second kappa shape index (κ2) is 6.00. The molecule has 0 radical (unpaired) electrons. The van der Waals surface area contributed by atoms with Crippen molar-refractivity contribution in [2.24, 2.45) is 5.14 Å². The Hall–Kier alpha value is -1.64. The molecule has 2 atom stereocenters. The molecule has 0 saturated heterocycles. The number of rotatable bonds is 5. The van der Waals surface area contributed by atoms with Gasteiger partial charge in [-0.2, -0.15) is 0 Å². The highest BCUT2D eigenvalue weighted by Gasteiger charge is 2.32. The Balaban J connectivity index is 2.22. The first kappa shape index (κ1) is 15.7. The van der Waals surface area contributed by atoms with E-state index in [2.05, 4.69) is 5.32 Å². The van der Waals surface area contributed by atoms with Crippen LogP contribution in [0.2, 0.25) is 0 Å². The first-order valence-electron chi connectivity index (χ1n) is 6.41. The predicted molar refractivity (Wildman–Crippen MR) is 75.5 cm³/mol. The van der Waals surface area contributed by atoms with Crippen molar-refractivity contribution in [1.29, 1.82) is 0 Å². The molecule has 2 unspecified atom stereocenters. The van der Waals surface area contributed by atoms with Crippen molar-refractivity contribution in [1.82, 2.24) is 5.32 Å². The number of amides is 1. The molecule has 1 heterocycles. The number of methoxy groups -OCH3 is 1. The molecule has 1 aliphatic rings. The van der Waals surface area contributed by atoms with Crippen LogP contribution in [0.25, 0.3) is 0 Å². The second-order valence-corrected chi connectivity index (χ2v) is 6.53. The van der Waals surface area contributed by atoms with Gasteiger partial charge in [-0.15, -0.1) is 0 Å². The molecule has 7 nitrogen and oxygen atoms in total. The van der Waals surface area contributed by atoms with Gasteiger partial charge in [0.2, 0.25) is 15.9 Å². The molecule has 0 aliphatic carbocycles. The molecule has 116 valence electrons. The highest BCUT2D eigenvalue weighted by molar-refractivity contribution is 7.89. The lowest BCUT2D eigenvalue weighted by Crippen LogP contribution is -2.39. The Morgan fingerprint density at radius 2 is 2.29 bits per heavy atom. The predicted octanol–water partition coefficient (Wildman–Crippen LogP) is -0.0389.